The summed E-state index contributed by atoms with van der Waals surface area (Å²) >= 11 is 5.94. The van der Waals surface area contributed by atoms with E-state index < -0.39 is 0 Å². The van der Waals surface area contributed by atoms with E-state index in [-0.39, 0.29) is 18.0 Å². The minimum absolute atomic E-state index is 0.0601. The second-order valence-corrected chi connectivity index (χ2v) is 3.52. The number of Topliss-reactive ketones (excluding diaryl/α,β-unsaturated/α-hetero) is 1. The van der Waals surface area contributed by atoms with Gasteiger partial charge in [0, 0.05) is 10.6 Å². The second-order valence-electron chi connectivity index (χ2n) is 3.11. The number of epoxide rings is 1. The molecule has 1 aliphatic heterocycles. The van der Waals surface area contributed by atoms with Gasteiger partial charge < -0.3 is 4.74 Å². The van der Waals surface area contributed by atoms with Gasteiger partial charge in [-0.05, 0) is 13.0 Å². The molecule has 0 spiro atoms. The number of ether oxygens (including phenoxy) is 1. The fraction of sp³-hybridized carbons (Fsp3) is 0.300. The molecule has 0 unspecified atom stereocenters. The van der Waals surface area contributed by atoms with Crippen LogP contribution in [0.4, 0.5) is 0 Å². The van der Waals surface area contributed by atoms with E-state index >= 15 is 0 Å². The zero-order valence-corrected chi connectivity index (χ0v) is 7.91. The second kappa shape index (κ2) is 3.13. The van der Waals surface area contributed by atoms with Gasteiger partial charge >= 0.3 is 0 Å². The topological polar surface area (TPSA) is 29.6 Å². The Balaban J connectivity index is 2.21. The third kappa shape index (κ3) is 1.60. The fourth-order valence-electron chi connectivity index (χ4n) is 1.36. The Morgan fingerprint density at radius 2 is 2.15 bits per heavy atom. The molecule has 1 aromatic carbocycles. The molecular weight excluding hydrogens is 188 g/mol. The van der Waals surface area contributed by atoms with Crippen LogP contribution in [-0.2, 0) is 9.53 Å². The molecule has 2 atom stereocenters. The smallest absolute Gasteiger partial charge is 0.161 e. The monoisotopic (exact) mass is 196 g/mol. The SMILES string of the molecule is CC(=O)[C@@H]1O[C@H]1c1ccccc1Cl. The van der Waals surface area contributed by atoms with Gasteiger partial charge in [-0.2, -0.15) is 0 Å². The predicted molar refractivity (Wildman–Crippen MR) is 49.7 cm³/mol. The number of rotatable bonds is 2. The maximum absolute atomic E-state index is 10.9. The summed E-state index contributed by atoms with van der Waals surface area (Å²) in [5.41, 5.74) is 0.907. The van der Waals surface area contributed by atoms with Crippen LogP contribution in [0, 0.1) is 0 Å². The van der Waals surface area contributed by atoms with E-state index in [1.54, 1.807) is 6.07 Å². The Morgan fingerprint density at radius 3 is 2.69 bits per heavy atom. The van der Waals surface area contributed by atoms with Gasteiger partial charge in [0.1, 0.15) is 12.2 Å². The van der Waals surface area contributed by atoms with Crippen LogP contribution in [0.3, 0.4) is 0 Å². The molecule has 1 fully saturated rings. The van der Waals surface area contributed by atoms with Crippen LogP contribution in [0.15, 0.2) is 24.3 Å². The molecule has 0 N–H and O–H groups in total. The average molecular weight is 197 g/mol. The van der Waals surface area contributed by atoms with Crippen molar-refractivity contribution in [1.29, 1.82) is 0 Å². The summed E-state index contributed by atoms with van der Waals surface area (Å²) in [6.07, 6.45) is -0.397. The molecule has 13 heavy (non-hydrogen) atoms. The summed E-state index contributed by atoms with van der Waals surface area (Å²) < 4.78 is 5.21. The number of carbonyl (C=O) groups excluding carboxylic acids is 1. The first-order chi connectivity index (χ1) is 6.20. The first-order valence-electron chi connectivity index (χ1n) is 4.10. The van der Waals surface area contributed by atoms with Crippen molar-refractivity contribution >= 4 is 17.4 Å². The fourth-order valence-corrected chi connectivity index (χ4v) is 1.61. The molecule has 0 saturated carbocycles. The van der Waals surface area contributed by atoms with Gasteiger partial charge in [0.15, 0.2) is 5.78 Å². The minimum Gasteiger partial charge on any atom is -0.356 e. The number of halogens is 1. The molecule has 1 aromatic rings. The molecule has 68 valence electrons. The molecule has 0 radical (unpaired) electrons. The number of benzene rings is 1. The van der Waals surface area contributed by atoms with Crippen LogP contribution < -0.4 is 0 Å². The number of carbonyl (C=O) groups is 1. The highest BCUT2D eigenvalue weighted by Crippen LogP contribution is 2.41. The van der Waals surface area contributed by atoms with Crippen molar-refractivity contribution in [2.75, 3.05) is 0 Å². The molecule has 0 aliphatic carbocycles. The van der Waals surface area contributed by atoms with Crippen LogP contribution in [0.2, 0.25) is 5.02 Å². The van der Waals surface area contributed by atoms with Crippen molar-refractivity contribution in [3.63, 3.8) is 0 Å². The number of hydrogen-bond donors (Lipinski definition) is 0. The van der Waals surface area contributed by atoms with Crippen molar-refractivity contribution < 1.29 is 9.53 Å². The van der Waals surface area contributed by atoms with Crippen molar-refractivity contribution in [1.82, 2.24) is 0 Å². The van der Waals surface area contributed by atoms with Gasteiger partial charge in [0.25, 0.3) is 0 Å². The zero-order chi connectivity index (χ0) is 9.42. The largest absolute Gasteiger partial charge is 0.356 e. The standard InChI is InChI=1S/C10H9ClO2/c1-6(12)9-10(13-9)7-4-2-3-5-8(7)11/h2-5,9-10H,1H3/t9-,10-/m0/s1. The van der Waals surface area contributed by atoms with Crippen LogP contribution in [0.5, 0.6) is 0 Å². The van der Waals surface area contributed by atoms with Crippen molar-refractivity contribution in [2.24, 2.45) is 0 Å². The van der Waals surface area contributed by atoms with Crippen LogP contribution >= 0.6 is 11.6 Å². The van der Waals surface area contributed by atoms with Gasteiger partial charge in [-0.15, -0.1) is 0 Å². The lowest BCUT2D eigenvalue weighted by Crippen LogP contribution is -2.01. The van der Waals surface area contributed by atoms with E-state index in [1.807, 2.05) is 18.2 Å². The van der Waals surface area contributed by atoms with Crippen molar-refractivity contribution in [3.05, 3.63) is 34.9 Å². The highest BCUT2D eigenvalue weighted by atomic mass is 35.5. The van der Waals surface area contributed by atoms with Gasteiger partial charge in [0.2, 0.25) is 0 Å². The molecule has 0 amide bonds. The van der Waals surface area contributed by atoms with E-state index in [2.05, 4.69) is 0 Å². The lowest BCUT2D eigenvalue weighted by atomic mass is 10.1. The summed E-state index contributed by atoms with van der Waals surface area (Å²) in [7, 11) is 0. The van der Waals surface area contributed by atoms with Crippen molar-refractivity contribution in [3.8, 4) is 0 Å². The lowest BCUT2D eigenvalue weighted by Gasteiger charge is -1.97. The summed E-state index contributed by atoms with van der Waals surface area (Å²) in [5.74, 6) is 0.0601. The first-order valence-corrected chi connectivity index (χ1v) is 4.48. The summed E-state index contributed by atoms with van der Waals surface area (Å²) in [6, 6.07) is 7.43. The molecule has 3 heteroatoms. The summed E-state index contributed by atoms with van der Waals surface area (Å²) in [5, 5.41) is 0.663. The van der Waals surface area contributed by atoms with Gasteiger partial charge in [-0.1, -0.05) is 29.8 Å². The summed E-state index contributed by atoms with van der Waals surface area (Å²) in [6.45, 7) is 1.53. The Morgan fingerprint density at radius 1 is 1.46 bits per heavy atom. The highest BCUT2D eigenvalue weighted by Gasteiger charge is 2.44. The first kappa shape index (κ1) is 8.73. The van der Waals surface area contributed by atoms with E-state index in [0.29, 0.717) is 5.02 Å². The Hall–Kier alpha value is -0.860. The molecule has 1 aliphatic rings. The van der Waals surface area contributed by atoms with Crippen LogP contribution in [0.25, 0.3) is 0 Å². The molecule has 1 saturated heterocycles. The van der Waals surface area contributed by atoms with Crippen molar-refractivity contribution in [2.45, 2.75) is 19.1 Å². The van der Waals surface area contributed by atoms with E-state index in [4.69, 9.17) is 16.3 Å². The van der Waals surface area contributed by atoms with E-state index in [9.17, 15) is 4.79 Å². The molecule has 0 bridgehead atoms. The molecule has 2 rings (SSSR count). The quantitative estimate of drug-likeness (QED) is 0.680. The maximum Gasteiger partial charge on any atom is 0.161 e. The van der Waals surface area contributed by atoms with E-state index in [0.717, 1.165) is 5.56 Å². The van der Waals surface area contributed by atoms with Crippen LogP contribution in [-0.4, -0.2) is 11.9 Å². The predicted octanol–water partition coefficient (Wildman–Crippen LogP) is 2.37. The third-order valence-corrected chi connectivity index (χ3v) is 2.45. The third-order valence-electron chi connectivity index (χ3n) is 2.10. The summed E-state index contributed by atoms with van der Waals surface area (Å²) in [4.78, 5) is 10.9. The number of hydrogen-bond acceptors (Lipinski definition) is 2. The van der Waals surface area contributed by atoms with Gasteiger partial charge in [-0.25, -0.2) is 0 Å². The minimum atomic E-state index is -0.278. The molecule has 2 nitrogen and oxygen atoms in total. The zero-order valence-electron chi connectivity index (χ0n) is 7.16. The average Bonchev–Trinajstić information content (AvgIpc) is 2.84. The normalized spacial score (nSPS) is 25.7. The van der Waals surface area contributed by atoms with Crippen LogP contribution in [0.1, 0.15) is 18.6 Å². The lowest BCUT2D eigenvalue weighted by molar-refractivity contribution is -0.118. The maximum atomic E-state index is 10.9. The Kier molecular flexibility index (Phi) is 2.10. The van der Waals surface area contributed by atoms with Gasteiger partial charge in [-0.3, -0.25) is 4.79 Å². The molecular formula is C10H9ClO2. The Labute approximate surface area is 81.5 Å². The molecule has 0 aromatic heterocycles. The van der Waals surface area contributed by atoms with E-state index in [1.165, 1.54) is 6.92 Å². The highest BCUT2D eigenvalue weighted by molar-refractivity contribution is 6.31. The molecule has 1 heterocycles. The Bertz CT molecular complexity index is 349. The number of ketones is 1. The van der Waals surface area contributed by atoms with Gasteiger partial charge in [0.05, 0.1) is 0 Å².